The average molecular weight is 332 g/mol. The number of halogens is 1. The molecule has 0 amide bonds. The number of aromatic nitrogens is 2. The highest BCUT2D eigenvalue weighted by Crippen LogP contribution is 2.24. The zero-order chi connectivity index (χ0) is 13.9. The van der Waals surface area contributed by atoms with Crippen LogP contribution in [-0.4, -0.2) is 16.5 Å². The van der Waals surface area contributed by atoms with Crippen LogP contribution in [0.3, 0.4) is 0 Å². The topological polar surface area (TPSA) is 29.0 Å². The molecule has 3 rings (SSSR count). The zero-order valence-corrected chi connectivity index (χ0v) is 13.2. The second-order valence-corrected chi connectivity index (χ2v) is 5.92. The van der Waals surface area contributed by atoms with Crippen molar-refractivity contribution in [2.24, 2.45) is 0 Å². The van der Waals surface area contributed by atoms with E-state index in [0.717, 1.165) is 42.2 Å². The number of aryl methyl sites for hydroxylation is 2. The van der Waals surface area contributed by atoms with Crippen LogP contribution in [0.2, 0.25) is 0 Å². The summed E-state index contributed by atoms with van der Waals surface area (Å²) in [6.07, 6.45) is 3.18. The summed E-state index contributed by atoms with van der Waals surface area (Å²) in [5, 5.41) is 0. The number of anilines is 1. The van der Waals surface area contributed by atoms with Crippen LogP contribution in [0.15, 0.2) is 34.9 Å². The minimum Gasteiger partial charge on any atom is -0.352 e. The summed E-state index contributed by atoms with van der Waals surface area (Å²) in [6, 6.07) is 10.7. The lowest BCUT2D eigenvalue weighted by Crippen LogP contribution is -2.24. The van der Waals surface area contributed by atoms with Crippen LogP contribution in [0.25, 0.3) is 0 Å². The van der Waals surface area contributed by atoms with Gasteiger partial charge < -0.3 is 4.90 Å². The molecule has 0 unspecified atom stereocenters. The van der Waals surface area contributed by atoms with Gasteiger partial charge >= 0.3 is 0 Å². The molecule has 0 spiro atoms. The Kier molecular flexibility index (Phi) is 4.01. The largest absolute Gasteiger partial charge is 0.352 e. The van der Waals surface area contributed by atoms with Gasteiger partial charge in [0.15, 0.2) is 0 Å². The predicted octanol–water partition coefficient (Wildman–Crippen LogP) is 3.75. The number of hydrogen-bond acceptors (Lipinski definition) is 3. The standard InChI is InChI=1S/C16H18BrN3/c1-2-15-18-14(17)10-16(19-15)20-9-5-8-12-6-3-4-7-13(12)11-20/h3-4,6-7,10H,2,5,8-9,11H2,1H3. The number of nitrogens with zero attached hydrogens (tertiary/aromatic N) is 3. The fourth-order valence-electron chi connectivity index (χ4n) is 2.67. The Morgan fingerprint density at radius 2 is 2.00 bits per heavy atom. The summed E-state index contributed by atoms with van der Waals surface area (Å²) >= 11 is 3.49. The molecule has 104 valence electrons. The monoisotopic (exact) mass is 331 g/mol. The molecule has 3 nitrogen and oxygen atoms in total. The van der Waals surface area contributed by atoms with Crippen molar-refractivity contribution in [1.29, 1.82) is 0 Å². The van der Waals surface area contributed by atoms with Gasteiger partial charge in [0.25, 0.3) is 0 Å². The second-order valence-electron chi connectivity index (χ2n) is 5.11. The van der Waals surface area contributed by atoms with Gasteiger partial charge in [0.05, 0.1) is 0 Å². The van der Waals surface area contributed by atoms with Crippen LogP contribution in [0, 0.1) is 0 Å². The third-order valence-corrected chi connectivity index (χ3v) is 4.13. The summed E-state index contributed by atoms with van der Waals surface area (Å²) in [7, 11) is 0. The molecule has 2 heterocycles. The molecule has 4 heteroatoms. The Morgan fingerprint density at radius 3 is 2.80 bits per heavy atom. The van der Waals surface area contributed by atoms with Gasteiger partial charge in [-0.15, -0.1) is 0 Å². The molecule has 1 aromatic heterocycles. The molecule has 0 atom stereocenters. The van der Waals surface area contributed by atoms with Crippen LogP contribution in [0.5, 0.6) is 0 Å². The second kappa shape index (κ2) is 5.92. The maximum absolute atomic E-state index is 4.68. The minimum atomic E-state index is 0.858. The SMILES string of the molecule is CCc1nc(Br)cc(N2CCCc3ccccc3C2)n1. The molecule has 2 aromatic rings. The Labute approximate surface area is 128 Å². The average Bonchev–Trinajstić information content (AvgIpc) is 2.68. The Morgan fingerprint density at radius 1 is 1.20 bits per heavy atom. The molecule has 0 saturated heterocycles. The van der Waals surface area contributed by atoms with E-state index < -0.39 is 0 Å². The van der Waals surface area contributed by atoms with Gasteiger partial charge in [-0.05, 0) is 39.9 Å². The third kappa shape index (κ3) is 2.85. The Balaban J connectivity index is 1.93. The maximum Gasteiger partial charge on any atom is 0.133 e. The van der Waals surface area contributed by atoms with E-state index in [4.69, 9.17) is 0 Å². The summed E-state index contributed by atoms with van der Waals surface area (Å²) < 4.78 is 0.872. The van der Waals surface area contributed by atoms with Crippen LogP contribution in [-0.2, 0) is 19.4 Å². The van der Waals surface area contributed by atoms with Crippen molar-refractivity contribution in [3.05, 3.63) is 51.9 Å². The van der Waals surface area contributed by atoms with Gasteiger partial charge in [-0.25, -0.2) is 9.97 Å². The van der Waals surface area contributed by atoms with E-state index in [0.29, 0.717) is 0 Å². The van der Waals surface area contributed by atoms with Crippen molar-refractivity contribution in [2.75, 3.05) is 11.4 Å². The lowest BCUT2D eigenvalue weighted by Gasteiger charge is -2.22. The first kappa shape index (κ1) is 13.6. The number of fused-ring (bicyclic) bond motifs is 1. The summed E-state index contributed by atoms with van der Waals surface area (Å²) in [4.78, 5) is 11.4. The molecule has 0 N–H and O–H groups in total. The minimum absolute atomic E-state index is 0.858. The maximum atomic E-state index is 4.68. The molecule has 0 radical (unpaired) electrons. The van der Waals surface area contributed by atoms with Crippen molar-refractivity contribution in [2.45, 2.75) is 32.7 Å². The first-order valence-corrected chi connectivity index (χ1v) is 7.90. The highest BCUT2D eigenvalue weighted by atomic mass is 79.9. The van der Waals surface area contributed by atoms with E-state index in [9.17, 15) is 0 Å². The number of benzene rings is 1. The van der Waals surface area contributed by atoms with E-state index in [-0.39, 0.29) is 0 Å². The lowest BCUT2D eigenvalue weighted by atomic mass is 10.0. The molecule has 0 saturated carbocycles. The lowest BCUT2D eigenvalue weighted by molar-refractivity contribution is 0.745. The quantitative estimate of drug-likeness (QED) is 0.784. The van der Waals surface area contributed by atoms with E-state index in [1.54, 1.807) is 0 Å². The van der Waals surface area contributed by atoms with Crippen LogP contribution >= 0.6 is 15.9 Å². The summed E-state index contributed by atoms with van der Waals surface area (Å²) in [5.41, 5.74) is 2.89. The molecule has 1 aromatic carbocycles. The van der Waals surface area contributed by atoms with Crippen LogP contribution in [0.4, 0.5) is 5.82 Å². The van der Waals surface area contributed by atoms with E-state index in [1.807, 2.05) is 6.07 Å². The van der Waals surface area contributed by atoms with Crippen molar-refractivity contribution < 1.29 is 0 Å². The molecule has 0 aliphatic carbocycles. The number of rotatable bonds is 2. The Hall–Kier alpha value is -1.42. The third-order valence-electron chi connectivity index (χ3n) is 3.72. The van der Waals surface area contributed by atoms with Crippen LogP contribution in [0.1, 0.15) is 30.3 Å². The van der Waals surface area contributed by atoms with Gasteiger partial charge in [-0.1, -0.05) is 31.2 Å². The summed E-state index contributed by atoms with van der Waals surface area (Å²) in [5.74, 6) is 1.92. The van der Waals surface area contributed by atoms with Crippen molar-refractivity contribution >= 4 is 21.7 Å². The van der Waals surface area contributed by atoms with Crippen molar-refractivity contribution in [1.82, 2.24) is 9.97 Å². The van der Waals surface area contributed by atoms with Crippen molar-refractivity contribution in [3.8, 4) is 0 Å². The van der Waals surface area contributed by atoms with E-state index in [1.165, 1.54) is 17.5 Å². The normalized spacial score (nSPS) is 14.8. The fourth-order valence-corrected chi connectivity index (χ4v) is 3.08. The van der Waals surface area contributed by atoms with E-state index in [2.05, 4.69) is 62.0 Å². The highest BCUT2D eigenvalue weighted by Gasteiger charge is 2.16. The molecule has 1 aliphatic rings. The van der Waals surface area contributed by atoms with Gasteiger partial charge in [-0.3, -0.25) is 0 Å². The smallest absolute Gasteiger partial charge is 0.133 e. The number of hydrogen-bond donors (Lipinski definition) is 0. The first-order chi connectivity index (χ1) is 9.76. The van der Waals surface area contributed by atoms with Crippen molar-refractivity contribution in [3.63, 3.8) is 0 Å². The van der Waals surface area contributed by atoms with Gasteiger partial charge in [0.2, 0.25) is 0 Å². The van der Waals surface area contributed by atoms with Gasteiger partial charge in [-0.2, -0.15) is 0 Å². The molecule has 1 aliphatic heterocycles. The molecule has 0 fully saturated rings. The fraction of sp³-hybridized carbons (Fsp3) is 0.375. The highest BCUT2D eigenvalue weighted by molar-refractivity contribution is 9.10. The van der Waals surface area contributed by atoms with Crippen LogP contribution < -0.4 is 4.90 Å². The molecular formula is C16H18BrN3. The van der Waals surface area contributed by atoms with Gasteiger partial charge in [0, 0.05) is 25.6 Å². The predicted molar refractivity (Wildman–Crippen MR) is 84.9 cm³/mol. The molecular weight excluding hydrogens is 314 g/mol. The van der Waals surface area contributed by atoms with Gasteiger partial charge in [0.1, 0.15) is 16.2 Å². The Bertz CT molecular complexity index is 612. The summed E-state index contributed by atoms with van der Waals surface area (Å²) in [6.45, 7) is 4.06. The molecule has 20 heavy (non-hydrogen) atoms. The molecule has 0 bridgehead atoms. The van der Waals surface area contributed by atoms with E-state index >= 15 is 0 Å². The zero-order valence-electron chi connectivity index (χ0n) is 11.6. The first-order valence-electron chi connectivity index (χ1n) is 7.11.